The summed E-state index contributed by atoms with van der Waals surface area (Å²) < 4.78 is 2.47. The maximum atomic E-state index is 3.60. The van der Waals surface area contributed by atoms with Gasteiger partial charge in [0.1, 0.15) is 5.54 Å². The molecule has 1 N–H and O–H groups in total. The molecule has 0 spiro atoms. The van der Waals surface area contributed by atoms with Gasteiger partial charge in [0.05, 0.1) is 11.3 Å². The largest absolute Gasteiger partial charge is 0.303 e. The van der Waals surface area contributed by atoms with Crippen molar-refractivity contribution in [2.24, 2.45) is 0 Å². The van der Waals surface area contributed by atoms with Crippen LogP contribution in [0.3, 0.4) is 0 Å². The number of hydrazine groups is 1. The maximum absolute atomic E-state index is 3.60. The lowest BCUT2D eigenvalue weighted by Crippen LogP contribution is -2.45. The Morgan fingerprint density at radius 2 is 1.71 bits per heavy atom. The zero-order valence-electron chi connectivity index (χ0n) is 12.5. The number of amidine groups is 1. The molecule has 0 aliphatic carbocycles. The molecule has 2 aliphatic heterocycles. The lowest BCUT2D eigenvalue weighted by molar-refractivity contribution is -0.595. The molecule has 0 bridgehead atoms. The summed E-state index contributed by atoms with van der Waals surface area (Å²) in [5.74, 6) is 1.23. The van der Waals surface area contributed by atoms with E-state index in [1.165, 1.54) is 22.6 Å². The number of rotatable bonds is 1. The zero-order valence-corrected chi connectivity index (χ0v) is 12.5. The molecular weight excluding hydrogens is 258 g/mol. The monoisotopic (exact) mass is 278 g/mol. The van der Waals surface area contributed by atoms with Gasteiger partial charge in [0.15, 0.2) is 6.67 Å². The fourth-order valence-corrected chi connectivity index (χ4v) is 3.36. The Bertz CT molecular complexity index is 716. The Balaban J connectivity index is 1.77. The third-order valence-corrected chi connectivity index (χ3v) is 4.49. The topological polar surface area (TPSA) is 18.3 Å². The molecule has 3 heteroatoms. The minimum atomic E-state index is 0.125. The van der Waals surface area contributed by atoms with Crippen molar-refractivity contribution in [1.82, 2.24) is 5.43 Å². The van der Waals surface area contributed by atoms with E-state index in [-0.39, 0.29) is 5.54 Å². The van der Waals surface area contributed by atoms with Crippen LogP contribution in [-0.4, -0.2) is 22.6 Å². The molecule has 0 unspecified atom stereocenters. The van der Waals surface area contributed by atoms with Crippen molar-refractivity contribution in [2.75, 3.05) is 11.7 Å². The van der Waals surface area contributed by atoms with Gasteiger partial charge in [0, 0.05) is 6.42 Å². The smallest absolute Gasteiger partial charge is 0.233 e. The van der Waals surface area contributed by atoms with Gasteiger partial charge in [-0.1, -0.05) is 36.4 Å². The van der Waals surface area contributed by atoms with Crippen molar-refractivity contribution < 1.29 is 4.58 Å². The van der Waals surface area contributed by atoms with Crippen LogP contribution in [0.25, 0.3) is 0 Å². The summed E-state index contributed by atoms with van der Waals surface area (Å²) in [7, 11) is 0. The number of hydrogen-bond acceptors (Lipinski definition) is 2. The number of fused-ring (bicyclic) bond motifs is 2. The highest BCUT2D eigenvalue weighted by molar-refractivity contribution is 5.98. The quantitative estimate of drug-likeness (QED) is 0.809. The van der Waals surface area contributed by atoms with Crippen LogP contribution in [0, 0.1) is 0 Å². The van der Waals surface area contributed by atoms with Gasteiger partial charge in [-0.15, -0.1) is 0 Å². The summed E-state index contributed by atoms with van der Waals surface area (Å²) in [5.41, 5.74) is 7.68. The molecular formula is C18H20N3+. The van der Waals surface area contributed by atoms with Gasteiger partial charge in [0.2, 0.25) is 0 Å². The van der Waals surface area contributed by atoms with Crippen LogP contribution in [0.1, 0.15) is 25.0 Å². The Morgan fingerprint density at radius 3 is 2.52 bits per heavy atom. The van der Waals surface area contributed by atoms with Crippen LogP contribution in [0.4, 0.5) is 5.69 Å². The van der Waals surface area contributed by atoms with Crippen LogP contribution in [0.5, 0.6) is 0 Å². The number of anilines is 1. The van der Waals surface area contributed by atoms with E-state index in [1.54, 1.807) is 0 Å². The van der Waals surface area contributed by atoms with Gasteiger partial charge in [0.25, 0.3) is 0 Å². The van der Waals surface area contributed by atoms with Gasteiger partial charge in [-0.05, 0) is 37.6 Å². The van der Waals surface area contributed by atoms with E-state index < -0.39 is 0 Å². The first kappa shape index (κ1) is 12.5. The normalized spacial score (nSPS) is 19.0. The fraction of sp³-hybridized carbons (Fsp3) is 0.278. The highest BCUT2D eigenvalue weighted by Gasteiger charge is 2.43. The first-order chi connectivity index (χ1) is 10.1. The average Bonchev–Trinajstić information content (AvgIpc) is 2.94. The summed E-state index contributed by atoms with van der Waals surface area (Å²) in [6.07, 6.45) is 1.08. The minimum Gasteiger partial charge on any atom is -0.233 e. The minimum absolute atomic E-state index is 0.125. The Labute approximate surface area is 125 Å². The molecule has 0 saturated carbocycles. The molecule has 4 rings (SSSR count). The van der Waals surface area contributed by atoms with Crippen LogP contribution in [-0.2, 0) is 6.42 Å². The van der Waals surface area contributed by atoms with Crippen molar-refractivity contribution in [3.8, 4) is 0 Å². The number of benzene rings is 2. The SMILES string of the molecule is CC1(C)Cc2ccccc2C2=[N+]1CN(c1ccccc1)N2. The third-order valence-electron chi connectivity index (χ3n) is 4.49. The lowest BCUT2D eigenvalue weighted by atomic mass is 9.87. The molecule has 3 nitrogen and oxygen atoms in total. The number of para-hydroxylation sites is 1. The summed E-state index contributed by atoms with van der Waals surface area (Å²) >= 11 is 0. The Morgan fingerprint density at radius 1 is 1.00 bits per heavy atom. The molecule has 106 valence electrons. The van der Waals surface area contributed by atoms with Crippen molar-refractivity contribution in [1.29, 1.82) is 0 Å². The summed E-state index contributed by atoms with van der Waals surface area (Å²) in [4.78, 5) is 0. The number of hydrogen-bond donors (Lipinski definition) is 1. The van der Waals surface area contributed by atoms with Crippen molar-refractivity contribution in [2.45, 2.75) is 25.8 Å². The highest BCUT2D eigenvalue weighted by Crippen LogP contribution is 2.29. The molecule has 21 heavy (non-hydrogen) atoms. The van der Waals surface area contributed by atoms with E-state index in [0.717, 1.165) is 13.1 Å². The van der Waals surface area contributed by atoms with Crippen LogP contribution < -0.4 is 10.4 Å². The first-order valence-electron chi connectivity index (χ1n) is 7.47. The Kier molecular flexibility index (Phi) is 2.58. The summed E-state index contributed by atoms with van der Waals surface area (Å²) in [6, 6.07) is 19.2. The molecule has 2 heterocycles. The first-order valence-corrected chi connectivity index (χ1v) is 7.47. The van der Waals surface area contributed by atoms with Crippen LogP contribution >= 0.6 is 0 Å². The van der Waals surface area contributed by atoms with Gasteiger partial charge in [-0.25, -0.2) is 4.58 Å². The van der Waals surface area contributed by atoms with Gasteiger partial charge in [-0.2, -0.15) is 10.4 Å². The predicted octanol–water partition coefficient (Wildman–Crippen LogP) is 2.76. The molecule has 0 atom stereocenters. The standard InChI is InChI=1S/C18H19N3/c1-18(2)12-14-8-6-7-11-16(14)17-19-21(13-20(17)18)15-9-4-3-5-10-15/h3-11H,12-13H2,1-2H3/p+1. The molecule has 0 aromatic heterocycles. The highest BCUT2D eigenvalue weighted by atomic mass is 15.6. The van der Waals surface area contributed by atoms with E-state index in [2.05, 4.69) is 83.5 Å². The third kappa shape index (κ3) is 1.92. The Hall–Kier alpha value is -2.29. The van der Waals surface area contributed by atoms with Crippen LogP contribution in [0.2, 0.25) is 0 Å². The molecule has 0 radical (unpaired) electrons. The van der Waals surface area contributed by atoms with E-state index in [1.807, 2.05) is 0 Å². The predicted molar refractivity (Wildman–Crippen MR) is 85.5 cm³/mol. The second-order valence-corrected chi connectivity index (χ2v) is 6.44. The summed E-state index contributed by atoms with van der Waals surface area (Å²) in [6.45, 7) is 5.51. The maximum Gasteiger partial charge on any atom is 0.303 e. The second-order valence-electron chi connectivity index (χ2n) is 6.44. The van der Waals surface area contributed by atoms with E-state index in [9.17, 15) is 0 Å². The van der Waals surface area contributed by atoms with E-state index >= 15 is 0 Å². The molecule has 0 fully saturated rings. The molecule has 2 aromatic rings. The van der Waals surface area contributed by atoms with Gasteiger partial charge in [-0.3, -0.25) is 0 Å². The molecule has 2 aromatic carbocycles. The zero-order chi connectivity index (χ0) is 14.4. The van der Waals surface area contributed by atoms with Crippen LogP contribution in [0.15, 0.2) is 54.6 Å². The van der Waals surface area contributed by atoms with E-state index in [4.69, 9.17) is 0 Å². The van der Waals surface area contributed by atoms with Crippen molar-refractivity contribution >= 4 is 11.5 Å². The van der Waals surface area contributed by atoms with E-state index in [0.29, 0.717) is 0 Å². The lowest BCUT2D eigenvalue weighted by Gasteiger charge is -2.29. The van der Waals surface area contributed by atoms with Gasteiger partial charge < -0.3 is 0 Å². The van der Waals surface area contributed by atoms with Gasteiger partial charge >= 0.3 is 5.84 Å². The van der Waals surface area contributed by atoms with Crippen molar-refractivity contribution in [3.63, 3.8) is 0 Å². The number of nitrogens with zero attached hydrogens (tertiary/aromatic N) is 2. The van der Waals surface area contributed by atoms with Crippen molar-refractivity contribution in [3.05, 3.63) is 65.7 Å². The number of nitrogens with one attached hydrogen (secondary N) is 1. The molecule has 0 amide bonds. The molecule has 0 saturated heterocycles. The second kappa shape index (κ2) is 4.35. The molecule has 2 aliphatic rings. The average molecular weight is 278 g/mol. The fourth-order valence-electron chi connectivity index (χ4n) is 3.36. The summed E-state index contributed by atoms with van der Waals surface area (Å²) in [5, 5.41) is 2.22.